The fourth-order valence-electron chi connectivity index (χ4n) is 2.69. The molecule has 82 valence electrons. The van der Waals surface area contributed by atoms with Gasteiger partial charge in [0.1, 0.15) is 0 Å². The molecule has 2 heteroatoms. The maximum absolute atomic E-state index is 3.53. The van der Waals surface area contributed by atoms with Gasteiger partial charge in [-0.15, -0.1) is 0 Å². The molecule has 1 aromatic rings. The molecule has 1 fully saturated rings. The fourth-order valence-corrected chi connectivity index (χ4v) is 3.16. The second-order valence-corrected chi connectivity index (χ2v) is 5.44. The Morgan fingerprint density at radius 3 is 2.80 bits per heavy atom. The Labute approximate surface area is 100 Å². The zero-order valence-corrected chi connectivity index (χ0v) is 11.0. The van der Waals surface area contributed by atoms with Crippen LogP contribution in [0.4, 0.5) is 0 Å². The van der Waals surface area contributed by atoms with Crippen molar-refractivity contribution in [1.29, 1.82) is 0 Å². The van der Waals surface area contributed by atoms with Gasteiger partial charge >= 0.3 is 0 Å². The van der Waals surface area contributed by atoms with Crippen LogP contribution in [-0.4, -0.2) is 13.1 Å². The van der Waals surface area contributed by atoms with Crippen LogP contribution < -0.4 is 5.32 Å². The molecule has 0 bridgehead atoms. The van der Waals surface area contributed by atoms with Crippen LogP contribution in [0.1, 0.15) is 30.9 Å². The van der Waals surface area contributed by atoms with Crippen molar-refractivity contribution in [3.63, 3.8) is 0 Å². The molecule has 1 heterocycles. The van der Waals surface area contributed by atoms with E-state index in [0.717, 1.165) is 13.1 Å². The molecule has 15 heavy (non-hydrogen) atoms. The van der Waals surface area contributed by atoms with E-state index in [9.17, 15) is 0 Å². The van der Waals surface area contributed by atoms with E-state index in [4.69, 9.17) is 0 Å². The highest BCUT2D eigenvalue weighted by molar-refractivity contribution is 9.10. The molecule has 0 radical (unpaired) electrons. The second kappa shape index (κ2) is 4.26. The first-order chi connectivity index (χ1) is 7.18. The molecule has 1 aliphatic heterocycles. The van der Waals surface area contributed by atoms with E-state index >= 15 is 0 Å². The third kappa shape index (κ3) is 1.98. The van der Waals surface area contributed by atoms with E-state index < -0.39 is 0 Å². The van der Waals surface area contributed by atoms with E-state index in [1.165, 1.54) is 28.4 Å². The molecule has 1 nitrogen and oxygen atoms in total. The second-order valence-electron chi connectivity index (χ2n) is 4.52. The van der Waals surface area contributed by atoms with Crippen molar-refractivity contribution in [1.82, 2.24) is 5.32 Å². The van der Waals surface area contributed by atoms with Gasteiger partial charge in [-0.05, 0) is 49.6 Å². The summed E-state index contributed by atoms with van der Waals surface area (Å²) in [6.45, 7) is 6.81. The van der Waals surface area contributed by atoms with Crippen molar-refractivity contribution in [2.24, 2.45) is 0 Å². The Balaban J connectivity index is 2.42. The van der Waals surface area contributed by atoms with Gasteiger partial charge in [-0.3, -0.25) is 0 Å². The largest absolute Gasteiger partial charge is 0.316 e. The summed E-state index contributed by atoms with van der Waals surface area (Å²) < 4.78 is 1.18. The quantitative estimate of drug-likeness (QED) is 0.866. The Bertz CT molecular complexity index is 354. The lowest BCUT2D eigenvalue weighted by atomic mass is 9.75. The van der Waals surface area contributed by atoms with Gasteiger partial charge in [-0.25, -0.2) is 0 Å². The molecule has 0 saturated carbocycles. The van der Waals surface area contributed by atoms with E-state index in [1.807, 2.05) is 0 Å². The van der Waals surface area contributed by atoms with Gasteiger partial charge < -0.3 is 5.32 Å². The van der Waals surface area contributed by atoms with Crippen LogP contribution in [0.5, 0.6) is 0 Å². The third-order valence-electron chi connectivity index (χ3n) is 3.68. The summed E-state index contributed by atoms with van der Waals surface area (Å²) in [6, 6.07) is 6.68. The van der Waals surface area contributed by atoms with E-state index in [0.29, 0.717) is 5.41 Å². The molecular formula is C13H18BrN. The summed E-state index contributed by atoms with van der Waals surface area (Å²) in [4.78, 5) is 0. The minimum absolute atomic E-state index is 0.380. The number of aryl methyl sites for hydroxylation is 1. The lowest BCUT2D eigenvalue weighted by Crippen LogP contribution is -2.28. The van der Waals surface area contributed by atoms with Crippen molar-refractivity contribution in [2.45, 2.75) is 32.1 Å². The predicted octanol–water partition coefficient (Wildman–Crippen LogP) is 3.40. The Hall–Kier alpha value is -0.340. The molecule has 1 atom stereocenters. The average Bonchev–Trinajstić information content (AvgIpc) is 2.67. The predicted molar refractivity (Wildman–Crippen MR) is 68.3 cm³/mol. The van der Waals surface area contributed by atoms with Crippen LogP contribution in [0.25, 0.3) is 0 Å². The molecule has 2 rings (SSSR count). The van der Waals surface area contributed by atoms with Gasteiger partial charge in [-0.2, -0.15) is 0 Å². The first-order valence-corrected chi connectivity index (χ1v) is 6.44. The van der Waals surface area contributed by atoms with Gasteiger partial charge in [0.05, 0.1) is 0 Å². The van der Waals surface area contributed by atoms with E-state index in [-0.39, 0.29) is 0 Å². The maximum atomic E-state index is 3.53. The highest BCUT2D eigenvalue weighted by atomic mass is 79.9. The monoisotopic (exact) mass is 267 g/mol. The number of benzene rings is 1. The Kier molecular flexibility index (Phi) is 3.17. The lowest BCUT2D eigenvalue weighted by Gasteiger charge is -2.29. The van der Waals surface area contributed by atoms with E-state index in [1.54, 1.807) is 0 Å². The van der Waals surface area contributed by atoms with Crippen molar-refractivity contribution >= 4 is 15.9 Å². The third-order valence-corrected chi connectivity index (χ3v) is 4.17. The topological polar surface area (TPSA) is 12.0 Å². The van der Waals surface area contributed by atoms with Gasteiger partial charge in [0.25, 0.3) is 0 Å². The first-order valence-electron chi connectivity index (χ1n) is 5.65. The normalized spacial score (nSPS) is 25.8. The van der Waals surface area contributed by atoms with Gasteiger partial charge in [-0.1, -0.05) is 28.9 Å². The Morgan fingerprint density at radius 1 is 1.47 bits per heavy atom. The highest BCUT2D eigenvalue weighted by Crippen LogP contribution is 2.36. The highest BCUT2D eigenvalue weighted by Gasteiger charge is 2.34. The summed E-state index contributed by atoms with van der Waals surface area (Å²) >= 11 is 3.53. The summed E-state index contributed by atoms with van der Waals surface area (Å²) in [6.07, 6.45) is 2.49. The minimum atomic E-state index is 0.380. The number of halogens is 1. The van der Waals surface area contributed by atoms with Crippen LogP contribution in [0.3, 0.4) is 0 Å². The van der Waals surface area contributed by atoms with Crippen molar-refractivity contribution in [3.05, 3.63) is 33.8 Å². The van der Waals surface area contributed by atoms with Crippen molar-refractivity contribution in [3.8, 4) is 0 Å². The number of hydrogen-bond donors (Lipinski definition) is 1. The molecule has 0 aliphatic carbocycles. The number of nitrogens with one attached hydrogen (secondary N) is 1. The number of rotatable bonds is 2. The molecule has 1 aliphatic rings. The van der Waals surface area contributed by atoms with Gasteiger partial charge in [0, 0.05) is 16.4 Å². The van der Waals surface area contributed by atoms with Crippen LogP contribution in [0, 0.1) is 6.92 Å². The van der Waals surface area contributed by atoms with Crippen LogP contribution in [0.15, 0.2) is 22.7 Å². The lowest BCUT2D eigenvalue weighted by molar-refractivity contribution is 0.451. The van der Waals surface area contributed by atoms with Crippen LogP contribution >= 0.6 is 15.9 Å². The summed E-state index contributed by atoms with van der Waals surface area (Å²) in [5.41, 5.74) is 3.32. The van der Waals surface area contributed by atoms with Gasteiger partial charge in [0.15, 0.2) is 0 Å². The van der Waals surface area contributed by atoms with E-state index in [2.05, 4.69) is 53.3 Å². The summed E-state index contributed by atoms with van der Waals surface area (Å²) in [7, 11) is 0. The summed E-state index contributed by atoms with van der Waals surface area (Å²) in [5, 5.41) is 3.49. The average molecular weight is 268 g/mol. The molecule has 1 aromatic carbocycles. The molecule has 0 spiro atoms. The van der Waals surface area contributed by atoms with Crippen LogP contribution in [-0.2, 0) is 5.41 Å². The van der Waals surface area contributed by atoms with Crippen LogP contribution in [0.2, 0.25) is 0 Å². The maximum Gasteiger partial charge on any atom is 0.0178 e. The van der Waals surface area contributed by atoms with Gasteiger partial charge in [0.2, 0.25) is 0 Å². The fraction of sp³-hybridized carbons (Fsp3) is 0.538. The molecule has 0 amide bonds. The zero-order chi connectivity index (χ0) is 10.9. The summed E-state index contributed by atoms with van der Waals surface area (Å²) in [5.74, 6) is 0. The van der Waals surface area contributed by atoms with Crippen molar-refractivity contribution in [2.75, 3.05) is 13.1 Å². The minimum Gasteiger partial charge on any atom is -0.316 e. The Morgan fingerprint density at radius 2 is 2.27 bits per heavy atom. The molecular weight excluding hydrogens is 250 g/mol. The zero-order valence-electron chi connectivity index (χ0n) is 9.44. The molecule has 0 aromatic heterocycles. The SMILES string of the molecule is CCC1(c2ccc(Br)cc2C)CCNC1. The smallest absolute Gasteiger partial charge is 0.0178 e. The molecule has 1 unspecified atom stereocenters. The first kappa shape index (κ1) is 11.2. The standard InChI is InChI=1S/C13H18BrN/c1-3-13(6-7-15-9-13)12-5-4-11(14)8-10(12)2/h4-5,8,15H,3,6-7,9H2,1-2H3. The molecule has 1 N–H and O–H groups in total. The number of hydrogen-bond acceptors (Lipinski definition) is 1. The van der Waals surface area contributed by atoms with Crippen molar-refractivity contribution < 1.29 is 0 Å². The molecule has 1 saturated heterocycles.